The molecule has 1 saturated heterocycles. The van der Waals surface area contributed by atoms with E-state index < -0.39 is 21.3 Å². The first-order valence-electron chi connectivity index (χ1n) is 12.1. The molecule has 1 fully saturated rings. The highest BCUT2D eigenvalue weighted by Crippen LogP contribution is 2.33. The highest BCUT2D eigenvalue weighted by atomic mass is 32.2. The number of rotatable bonds is 9. The topological polar surface area (TPSA) is 146 Å². The number of hydrogen-bond acceptors (Lipinski definition) is 10. The van der Waals surface area contributed by atoms with Gasteiger partial charge in [0, 0.05) is 51.0 Å². The first kappa shape index (κ1) is 27.1. The molecule has 12 nitrogen and oxygen atoms in total. The van der Waals surface area contributed by atoms with Crippen LogP contribution in [0.25, 0.3) is 0 Å². The summed E-state index contributed by atoms with van der Waals surface area (Å²) in [6.07, 6.45) is 8.55. The third kappa shape index (κ3) is 6.10. The van der Waals surface area contributed by atoms with E-state index in [0.717, 1.165) is 0 Å². The number of pyridine rings is 1. The summed E-state index contributed by atoms with van der Waals surface area (Å²) in [5.41, 5.74) is 0.00570. The van der Waals surface area contributed by atoms with Gasteiger partial charge in [-0.05, 0) is 30.5 Å². The third-order valence-corrected chi connectivity index (χ3v) is 8.23. The molecule has 1 unspecified atom stereocenters. The van der Waals surface area contributed by atoms with Gasteiger partial charge >= 0.3 is 0 Å². The van der Waals surface area contributed by atoms with Crippen molar-refractivity contribution in [1.29, 1.82) is 0 Å². The maximum Gasteiger partial charge on any atom is 0.234 e. The minimum absolute atomic E-state index is 0.196. The van der Waals surface area contributed by atoms with Crippen LogP contribution in [-0.2, 0) is 20.4 Å². The zero-order chi connectivity index (χ0) is 27.0. The molecule has 13 heteroatoms. The monoisotopic (exact) mass is 536 g/mol. The van der Waals surface area contributed by atoms with Crippen molar-refractivity contribution in [2.24, 2.45) is 0 Å². The van der Waals surface area contributed by atoms with Crippen LogP contribution in [0.3, 0.4) is 0 Å². The average molecular weight is 537 g/mol. The molecule has 3 aromatic rings. The van der Waals surface area contributed by atoms with Crippen LogP contribution in [-0.4, -0.2) is 86.3 Å². The first-order valence-corrected chi connectivity index (χ1v) is 13.7. The maximum absolute atomic E-state index is 13.5. The van der Waals surface area contributed by atoms with Gasteiger partial charge in [-0.2, -0.15) is 4.31 Å². The van der Waals surface area contributed by atoms with Crippen LogP contribution >= 0.6 is 0 Å². The minimum atomic E-state index is -3.89. The molecule has 0 spiro atoms. The zero-order valence-corrected chi connectivity index (χ0v) is 21.7. The lowest BCUT2D eigenvalue weighted by molar-refractivity contribution is -0.180. The first-order chi connectivity index (χ1) is 18.4. The summed E-state index contributed by atoms with van der Waals surface area (Å²) in [5.74, 6) is 5.90. The Labute approximate surface area is 221 Å². The predicted octanol–water partition coefficient (Wildman–Crippen LogP) is 1.06. The fourth-order valence-electron chi connectivity index (χ4n) is 4.33. The predicted molar refractivity (Wildman–Crippen MR) is 138 cm³/mol. The van der Waals surface area contributed by atoms with Gasteiger partial charge in [0.15, 0.2) is 0 Å². The highest BCUT2D eigenvalue weighted by Gasteiger charge is 2.45. The molecule has 198 valence electrons. The van der Waals surface area contributed by atoms with E-state index in [9.17, 15) is 18.4 Å². The molecule has 0 radical (unpaired) electrons. The summed E-state index contributed by atoms with van der Waals surface area (Å²) in [4.78, 5) is 34.5. The lowest BCUT2D eigenvalue weighted by Gasteiger charge is -2.40. The van der Waals surface area contributed by atoms with Gasteiger partial charge in [-0.1, -0.05) is 25.3 Å². The van der Waals surface area contributed by atoms with Crippen LogP contribution in [0, 0.1) is 11.8 Å². The number of aromatic nitrogens is 5. The summed E-state index contributed by atoms with van der Waals surface area (Å²) in [6.45, 7) is 3.00. The number of amides is 1. The highest BCUT2D eigenvalue weighted by molar-refractivity contribution is 7.89. The fraction of sp³-hybridized carbons (Fsp3) is 0.360. The van der Waals surface area contributed by atoms with E-state index in [1.54, 1.807) is 18.6 Å². The van der Waals surface area contributed by atoms with Crippen molar-refractivity contribution >= 4 is 22.4 Å². The van der Waals surface area contributed by atoms with E-state index >= 15 is 0 Å². The van der Waals surface area contributed by atoms with Gasteiger partial charge in [0.2, 0.25) is 22.4 Å². The van der Waals surface area contributed by atoms with Crippen LogP contribution in [0.5, 0.6) is 0 Å². The Bertz CT molecular complexity index is 1370. The summed E-state index contributed by atoms with van der Waals surface area (Å²) in [5, 5.41) is 10.9. The number of hydrogen-bond donors (Lipinski definition) is 1. The number of carbonyl (C=O) groups excluding carboxylic acids is 1. The van der Waals surface area contributed by atoms with Crippen molar-refractivity contribution in [1.82, 2.24) is 34.3 Å². The molecule has 1 N–H and O–H groups in total. The lowest BCUT2D eigenvalue weighted by Crippen LogP contribution is -2.55. The molecular formula is C25H28N8O4S. The Morgan fingerprint density at radius 3 is 2.42 bits per heavy atom. The molecule has 1 amide bonds. The molecule has 38 heavy (non-hydrogen) atoms. The molecule has 4 heterocycles. The second-order valence-corrected chi connectivity index (χ2v) is 10.7. The van der Waals surface area contributed by atoms with Crippen molar-refractivity contribution in [3.05, 3.63) is 72.3 Å². The van der Waals surface area contributed by atoms with E-state index in [2.05, 4.69) is 36.8 Å². The van der Waals surface area contributed by atoms with Crippen LogP contribution in [0.2, 0.25) is 0 Å². The van der Waals surface area contributed by atoms with Crippen LogP contribution < -0.4 is 4.90 Å². The summed E-state index contributed by atoms with van der Waals surface area (Å²) < 4.78 is 28.4. The fourth-order valence-corrected chi connectivity index (χ4v) is 6.26. The molecule has 0 saturated carbocycles. The van der Waals surface area contributed by atoms with Gasteiger partial charge in [-0.3, -0.25) is 10.0 Å². The SMILES string of the molecule is CCCC(CS(=O)(=O)N1CCN(c2ncc(C#Cc3ccccn3)cn2)CC1)(c1ccncn1)N(O)C=O. The maximum atomic E-state index is 13.5. The largest absolute Gasteiger partial charge is 0.338 e. The molecule has 4 rings (SSSR count). The van der Waals surface area contributed by atoms with Crippen molar-refractivity contribution in [3.8, 4) is 11.8 Å². The summed E-state index contributed by atoms with van der Waals surface area (Å²) in [6, 6.07) is 7.00. The van der Waals surface area contributed by atoms with Gasteiger partial charge in [0.1, 0.15) is 17.6 Å². The molecule has 0 aromatic carbocycles. The van der Waals surface area contributed by atoms with Crippen LogP contribution in [0.4, 0.5) is 5.95 Å². The minimum Gasteiger partial charge on any atom is -0.338 e. The van der Waals surface area contributed by atoms with Crippen molar-refractivity contribution < 1.29 is 18.4 Å². The van der Waals surface area contributed by atoms with Crippen molar-refractivity contribution in [3.63, 3.8) is 0 Å². The number of sulfonamides is 1. The average Bonchev–Trinajstić information content (AvgIpc) is 2.96. The summed E-state index contributed by atoms with van der Waals surface area (Å²) >= 11 is 0. The third-order valence-electron chi connectivity index (χ3n) is 6.23. The second kappa shape index (κ2) is 12.0. The molecular weight excluding hydrogens is 508 g/mol. The van der Waals surface area contributed by atoms with Crippen molar-refractivity contribution in [2.45, 2.75) is 25.3 Å². The lowest BCUT2D eigenvalue weighted by atomic mass is 9.91. The van der Waals surface area contributed by atoms with Gasteiger partial charge < -0.3 is 4.90 Å². The number of nitrogens with zero attached hydrogens (tertiary/aromatic N) is 8. The number of piperazine rings is 1. The smallest absolute Gasteiger partial charge is 0.234 e. The van der Waals surface area contributed by atoms with E-state index in [1.165, 1.54) is 22.9 Å². The molecule has 0 bridgehead atoms. The van der Waals surface area contributed by atoms with Gasteiger partial charge in [-0.25, -0.2) is 38.4 Å². The molecule has 1 aliphatic rings. The van der Waals surface area contributed by atoms with Crippen molar-refractivity contribution in [2.75, 3.05) is 36.8 Å². The van der Waals surface area contributed by atoms with Crippen LogP contribution in [0.15, 0.2) is 55.4 Å². The Morgan fingerprint density at radius 2 is 1.82 bits per heavy atom. The molecule has 1 aliphatic heterocycles. The molecule has 3 aromatic heterocycles. The number of carbonyl (C=O) groups is 1. The van der Waals surface area contributed by atoms with E-state index in [0.29, 0.717) is 41.8 Å². The summed E-state index contributed by atoms with van der Waals surface area (Å²) in [7, 11) is -3.89. The number of anilines is 1. The van der Waals surface area contributed by atoms with E-state index in [-0.39, 0.29) is 31.6 Å². The van der Waals surface area contributed by atoms with Crippen LogP contribution in [0.1, 0.15) is 36.7 Å². The zero-order valence-electron chi connectivity index (χ0n) is 20.9. The Hall–Kier alpha value is -3.99. The van der Waals surface area contributed by atoms with Gasteiger partial charge in [0.05, 0.1) is 17.0 Å². The van der Waals surface area contributed by atoms with E-state index in [1.807, 2.05) is 30.0 Å². The molecule has 1 atom stereocenters. The Balaban J connectivity index is 1.44. The van der Waals surface area contributed by atoms with Gasteiger partial charge in [-0.15, -0.1) is 0 Å². The Morgan fingerprint density at radius 1 is 1.05 bits per heavy atom. The Kier molecular flexibility index (Phi) is 8.57. The normalized spacial score (nSPS) is 15.7. The standard InChI is InChI=1S/C25H28N8O4S/c1-2-9-25(33(35)20-34,23-8-11-26-19-30-23)18-38(36,37)32-14-12-31(13-15-32)24-28-16-21(17-29-24)6-7-22-5-3-4-10-27-22/h3-5,8,10-11,16-17,19-20,35H,2,9,12-15,18H2,1H3. The quantitative estimate of drug-likeness (QED) is 0.182. The van der Waals surface area contributed by atoms with E-state index in [4.69, 9.17) is 0 Å². The number of hydroxylamine groups is 2. The molecule has 0 aliphatic carbocycles. The van der Waals surface area contributed by atoms with Gasteiger partial charge in [0.25, 0.3) is 0 Å². The second-order valence-electron chi connectivity index (χ2n) is 8.71.